The molecule has 2 heterocycles. The predicted octanol–water partition coefficient (Wildman–Crippen LogP) is 2.31. The molecule has 0 saturated carbocycles. The fourth-order valence-electron chi connectivity index (χ4n) is 2.41. The Kier molecular flexibility index (Phi) is 4.52. The highest BCUT2D eigenvalue weighted by atomic mass is 16.5. The Balaban J connectivity index is 1.76. The summed E-state index contributed by atoms with van der Waals surface area (Å²) in [4.78, 5) is 22.7. The van der Waals surface area contributed by atoms with Crippen molar-refractivity contribution in [1.29, 1.82) is 0 Å². The van der Waals surface area contributed by atoms with E-state index in [1.807, 2.05) is 18.2 Å². The number of carbonyl (C=O) groups is 1. The molecule has 1 aromatic heterocycles. The third kappa shape index (κ3) is 3.65. The van der Waals surface area contributed by atoms with Crippen molar-refractivity contribution in [3.05, 3.63) is 47.3 Å². The molecule has 1 aliphatic rings. The maximum atomic E-state index is 12.5. The number of amides is 1. The summed E-state index contributed by atoms with van der Waals surface area (Å²) in [7, 11) is 0. The van der Waals surface area contributed by atoms with Crippen LogP contribution in [0, 0.1) is 13.8 Å². The van der Waals surface area contributed by atoms with Gasteiger partial charge in [-0.25, -0.2) is 9.97 Å². The van der Waals surface area contributed by atoms with Crippen LogP contribution in [0.4, 0.5) is 11.6 Å². The molecule has 23 heavy (non-hydrogen) atoms. The Morgan fingerprint density at radius 3 is 2.70 bits per heavy atom. The van der Waals surface area contributed by atoms with Crippen molar-refractivity contribution in [2.75, 3.05) is 31.6 Å². The zero-order valence-corrected chi connectivity index (χ0v) is 13.4. The molecule has 2 aromatic rings. The topological polar surface area (TPSA) is 67.4 Å². The molecule has 6 heteroatoms. The summed E-state index contributed by atoms with van der Waals surface area (Å²) in [6.45, 7) is 6.47. The van der Waals surface area contributed by atoms with Gasteiger partial charge in [-0.2, -0.15) is 0 Å². The molecule has 1 aromatic carbocycles. The molecule has 1 aliphatic heterocycles. The van der Waals surface area contributed by atoms with E-state index in [0.29, 0.717) is 37.9 Å². The number of aryl methyl sites for hydroxylation is 2. The third-order valence-electron chi connectivity index (χ3n) is 3.94. The van der Waals surface area contributed by atoms with Crippen molar-refractivity contribution in [3.63, 3.8) is 0 Å². The quantitative estimate of drug-likeness (QED) is 0.942. The van der Waals surface area contributed by atoms with Gasteiger partial charge in [-0.15, -0.1) is 0 Å². The molecule has 120 valence electrons. The van der Waals surface area contributed by atoms with Gasteiger partial charge in [-0.05, 0) is 43.2 Å². The lowest BCUT2D eigenvalue weighted by Crippen LogP contribution is -2.41. The van der Waals surface area contributed by atoms with Gasteiger partial charge in [-0.3, -0.25) is 4.79 Å². The maximum absolute atomic E-state index is 12.5. The Labute approximate surface area is 135 Å². The zero-order valence-electron chi connectivity index (χ0n) is 13.4. The van der Waals surface area contributed by atoms with Gasteiger partial charge in [0.15, 0.2) is 0 Å². The Bertz CT molecular complexity index is 711. The van der Waals surface area contributed by atoms with E-state index in [2.05, 4.69) is 29.1 Å². The summed E-state index contributed by atoms with van der Waals surface area (Å²) >= 11 is 0. The van der Waals surface area contributed by atoms with Crippen LogP contribution in [0.25, 0.3) is 0 Å². The molecule has 0 atom stereocenters. The minimum atomic E-state index is -0.0844. The molecule has 0 spiro atoms. The fourth-order valence-corrected chi connectivity index (χ4v) is 2.41. The fraction of sp³-hybridized carbons (Fsp3) is 0.353. The van der Waals surface area contributed by atoms with Crippen molar-refractivity contribution >= 4 is 17.5 Å². The number of ether oxygens (including phenoxy) is 1. The first kappa shape index (κ1) is 15.4. The first-order valence-electron chi connectivity index (χ1n) is 7.68. The smallest absolute Gasteiger partial charge is 0.272 e. The first-order chi connectivity index (χ1) is 11.1. The van der Waals surface area contributed by atoms with Crippen LogP contribution in [0.5, 0.6) is 0 Å². The van der Waals surface area contributed by atoms with Crippen LogP contribution in [0.3, 0.4) is 0 Å². The minimum Gasteiger partial charge on any atom is -0.378 e. The average molecular weight is 312 g/mol. The number of aromatic nitrogens is 2. The summed E-state index contributed by atoms with van der Waals surface area (Å²) in [5.74, 6) is 0.339. The normalized spacial score (nSPS) is 14.6. The summed E-state index contributed by atoms with van der Waals surface area (Å²) in [5, 5.41) is 3.15. The third-order valence-corrected chi connectivity index (χ3v) is 3.94. The number of rotatable bonds is 3. The van der Waals surface area contributed by atoms with E-state index in [1.165, 1.54) is 11.1 Å². The van der Waals surface area contributed by atoms with E-state index in [0.717, 1.165) is 5.69 Å². The van der Waals surface area contributed by atoms with Gasteiger partial charge in [0, 0.05) is 25.0 Å². The SMILES string of the molecule is Cc1ccc(Nc2nccc(C(=O)N3CCOCC3)n2)cc1C. The molecule has 0 bridgehead atoms. The Hall–Kier alpha value is -2.47. The first-order valence-corrected chi connectivity index (χ1v) is 7.68. The minimum absolute atomic E-state index is 0.0844. The number of carbonyl (C=O) groups excluding carboxylic acids is 1. The van der Waals surface area contributed by atoms with Gasteiger partial charge in [0.2, 0.25) is 5.95 Å². The van der Waals surface area contributed by atoms with Gasteiger partial charge in [-0.1, -0.05) is 6.07 Å². The van der Waals surface area contributed by atoms with Crippen LogP contribution in [0.2, 0.25) is 0 Å². The molecule has 1 N–H and O–H groups in total. The lowest BCUT2D eigenvalue weighted by atomic mass is 10.1. The lowest BCUT2D eigenvalue weighted by molar-refractivity contribution is 0.0299. The van der Waals surface area contributed by atoms with Gasteiger partial charge >= 0.3 is 0 Å². The standard InChI is InChI=1S/C17H20N4O2/c1-12-3-4-14(11-13(12)2)19-17-18-6-5-15(20-17)16(22)21-7-9-23-10-8-21/h3-6,11H,7-10H2,1-2H3,(H,18,19,20). The molecular formula is C17H20N4O2. The predicted molar refractivity (Wildman–Crippen MR) is 88.0 cm³/mol. The second kappa shape index (κ2) is 6.75. The second-order valence-electron chi connectivity index (χ2n) is 5.59. The number of anilines is 2. The average Bonchev–Trinajstić information content (AvgIpc) is 2.58. The molecule has 6 nitrogen and oxygen atoms in total. The van der Waals surface area contributed by atoms with Crippen molar-refractivity contribution in [2.24, 2.45) is 0 Å². The molecule has 3 rings (SSSR count). The van der Waals surface area contributed by atoms with Crippen LogP contribution in [0.1, 0.15) is 21.6 Å². The molecule has 0 unspecified atom stereocenters. The highest BCUT2D eigenvalue weighted by Crippen LogP contribution is 2.17. The summed E-state index contributed by atoms with van der Waals surface area (Å²) in [6, 6.07) is 7.70. The Morgan fingerprint density at radius 1 is 1.17 bits per heavy atom. The molecule has 1 amide bonds. The van der Waals surface area contributed by atoms with Crippen molar-refractivity contribution in [2.45, 2.75) is 13.8 Å². The van der Waals surface area contributed by atoms with E-state index in [4.69, 9.17) is 4.74 Å². The van der Waals surface area contributed by atoms with Crippen LogP contribution < -0.4 is 5.32 Å². The van der Waals surface area contributed by atoms with E-state index in [9.17, 15) is 4.79 Å². The van der Waals surface area contributed by atoms with E-state index in [-0.39, 0.29) is 5.91 Å². The van der Waals surface area contributed by atoms with Crippen LogP contribution in [-0.4, -0.2) is 47.1 Å². The molecule has 1 saturated heterocycles. The number of nitrogens with zero attached hydrogens (tertiary/aromatic N) is 3. The largest absolute Gasteiger partial charge is 0.378 e. The number of benzene rings is 1. The Morgan fingerprint density at radius 2 is 1.96 bits per heavy atom. The van der Waals surface area contributed by atoms with Crippen LogP contribution in [0.15, 0.2) is 30.5 Å². The van der Waals surface area contributed by atoms with Gasteiger partial charge in [0.25, 0.3) is 5.91 Å². The van der Waals surface area contributed by atoms with Crippen molar-refractivity contribution in [3.8, 4) is 0 Å². The number of nitrogens with one attached hydrogen (secondary N) is 1. The van der Waals surface area contributed by atoms with E-state index in [1.54, 1.807) is 17.2 Å². The summed E-state index contributed by atoms with van der Waals surface area (Å²) in [6.07, 6.45) is 1.60. The summed E-state index contributed by atoms with van der Waals surface area (Å²) in [5.41, 5.74) is 3.72. The highest BCUT2D eigenvalue weighted by Gasteiger charge is 2.20. The zero-order chi connectivity index (χ0) is 16.2. The molecule has 0 radical (unpaired) electrons. The van der Waals surface area contributed by atoms with E-state index >= 15 is 0 Å². The summed E-state index contributed by atoms with van der Waals surface area (Å²) < 4.78 is 5.27. The van der Waals surface area contributed by atoms with Crippen molar-refractivity contribution < 1.29 is 9.53 Å². The number of hydrogen-bond acceptors (Lipinski definition) is 5. The lowest BCUT2D eigenvalue weighted by Gasteiger charge is -2.26. The highest BCUT2D eigenvalue weighted by molar-refractivity contribution is 5.92. The molecular weight excluding hydrogens is 292 g/mol. The van der Waals surface area contributed by atoms with Crippen LogP contribution >= 0.6 is 0 Å². The number of morpholine rings is 1. The van der Waals surface area contributed by atoms with E-state index < -0.39 is 0 Å². The molecule has 0 aliphatic carbocycles. The van der Waals surface area contributed by atoms with Crippen LogP contribution in [-0.2, 0) is 4.74 Å². The van der Waals surface area contributed by atoms with Gasteiger partial charge < -0.3 is 15.0 Å². The van der Waals surface area contributed by atoms with Gasteiger partial charge in [0.1, 0.15) is 5.69 Å². The molecule has 1 fully saturated rings. The van der Waals surface area contributed by atoms with Gasteiger partial charge in [0.05, 0.1) is 13.2 Å². The maximum Gasteiger partial charge on any atom is 0.272 e. The van der Waals surface area contributed by atoms with Crippen molar-refractivity contribution in [1.82, 2.24) is 14.9 Å². The monoisotopic (exact) mass is 312 g/mol. The second-order valence-corrected chi connectivity index (χ2v) is 5.59. The number of hydrogen-bond donors (Lipinski definition) is 1.